The van der Waals surface area contributed by atoms with Crippen LogP contribution in [0.1, 0.15) is 41.8 Å². The monoisotopic (exact) mass is 574 g/mol. The average Bonchev–Trinajstić information content (AvgIpc) is 3.28. The van der Waals surface area contributed by atoms with E-state index in [2.05, 4.69) is 20.3 Å². The summed E-state index contributed by atoms with van der Waals surface area (Å²) in [6, 6.07) is 7.06. The summed E-state index contributed by atoms with van der Waals surface area (Å²) in [7, 11) is 0. The van der Waals surface area contributed by atoms with E-state index in [-0.39, 0.29) is 29.0 Å². The van der Waals surface area contributed by atoms with Crippen molar-refractivity contribution in [2.24, 2.45) is 11.5 Å². The SMILES string of the molecule is NC(=O)C1Sc2nc(N3CCC(NCC(O)c4ccc(-c5ccc(N)nc5)cn4)CC3)cc(C(F)(F)F)c2C1N. The molecule has 3 atom stereocenters. The highest BCUT2D eigenvalue weighted by molar-refractivity contribution is 8.01. The van der Waals surface area contributed by atoms with Crippen molar-refractivity contribution in [1.82, 2.24) is 20.3 Å². The molecule has 2 aliphatic heterocycles. The number of halogens is 3. The Kier molecular flexibility index (Phi) is 7.86. The maximum atomic E-state index is 13.9. The van der Waals surface area contributed by atoms with Crippen LogP contribution in [0.15, 0.2) is 47.8 Å². The molecule has 212 valence electrons. The molecule has 10 nitrogen and oxygen atoms in total. The Labute approximate surface area is 232 Å². The van der Waals surface area contributed by atoms with E-state index in [0.717, 1.165) is 29.0 Å². The number of nitrogen functional groups attached to an aromatic ring is 1. The van der Waals surface area contributed by atoms with E-state index in [0.29, 0.717) is 37.4 Å². The fraction of sp³-hybridized carbons (Fsp3) is 0.385. The zero-order valence-corrected chi connectivity index (χ0v) is 22.1. The van der Waals surface area contributed by atoms with Crippen LogP contribution in [-0.2, 0) is 11.0 Å². The number of nitrogens with one attached hydrogen (secondary N) is 1. The summed E-state index contributed by atoms with van der Waals surface area (Å²) in [4.78, 5) is 26.4. The van der Waals surface area contributed by atoms with E-state index in [9.17, 15) is 23.1 Å². The summed E-state index contributed by atoms with van der Waals surface area (Å²) < 4.78 is 41.8. The molecule has 0 aliphatic carbocycles. The number of amides is 1. The van der Waals surface area contributed by atoms with E-state index < -0.39 is 35.0 Å². The van der Waals surface area contributed by atoms with E-state index in [1.165, 1.54) is 0 Å². The number of piperidine rings is 1. The maximum absolute atomic E-state index is 13.9. The van der Waals surface area contributed by atoms with Gasteiger partial charge in [-0.3, -0.25) is 9.78 Å². The van der Waals surface area contributed by atoms with Crippen LogP contribution < -0.4 is 27.4 Å². The van der Waals surface area contributed by atoms with Crippen LogP contribution in [0, 0.1) is 0 Å². The first-order chi connectivity index (χ1) is 19.0. The standard InChI is InChI=1S/C26H29F3N8O2S/c27-26(28,29)16-9-20(36-25-21(16)22(31)23(40-25)24(32)39)37-7-5-15(6-8-37)33-12-18(38)17-3-1-13(10-34-17)14-2-4-19(30)35-11-14/h1-4,9-11,15,18,22-23,33,38H,5-8,12,31H2,(H2,30,35)(H2,32,39). The molecule has 14 heteroatoms. The molecular weight excluding hydrogens is 545 g/mol. The number of thioether (sulfide) groups is 1. The van der Waals surface area contributed by atoms with Crippen LogP contribution in [0.4, 0.5) is 24.8 Å². The molecular formula is C26H29F3N8O2S. The van der Waals surface area contributed by atoms with Gasteiger partial charge in [0.05, 0.1) is 17.3 Å². The normalized spacial score (nSPS) is 20.4. The molecule has 5 rings (SSSR count). The Bertz CT molecular complexity index is 1370. The molecule has 3 aromatic heterocycles. The summed E-state index contributed by atoms with van der Waals surface area (Å²) in [5, 5.41) is 13.1. The van der Waals surface area contributed by atoms with Gasteiger partial charge >= 0.3 is 6.18 Å². The van der Waals surface area contributed by atoms with Crippen LogP contribution >= 0.6 is 11.8 Å². The topological polar surface area (TPSA) is 169 Å². The lowest BCUT2D eigenvalue weighted by Gasteiger charge is -2.34. The number of alkyl halides is 3. The summed E-state index contributed by atoms with van der Waals surface area (Å²) in [5.74, 6) is -0.156. The lowest BCUT2D eigenvalue weighted by molar-refractivity contribution is -0.138. The lowest BCUT2D eigenvalue weighted by Crippen LogP contribution is -2.44. The zero-order valence-electron chi connectivity index (χ0n) is 21.3. The summed E-state index contributed by atoms with van der Waals surface area (Å²) in [6.45, 7) is 1.21. The molecule has 3 unspecified atom stereocenters. The predicted molar refractivity (Wildman–Crippen MR) is 145 cm³/mol. The van der Waals surface area contributed by atoms with Crippen molar-refractivity contribution in [3.8, 4) is 11.1 Å². The van der Waals surface area contributed by atoms with Crippen molar-refractivity contribution in [3.05, 3.63) is 59.5 Å². The maximum Gasteiger partial charge on any atom is 0.416 e. The highest BCUT2D eigenvalue weighted by Gasteiger charge is 2.45. The van der Waals surface area contributed by atoms with Gasteiger partial charge in [0.2, 0.25) is 5.91 Å². The molecule has 40 heavy (non-hydrogen) atoms. The fourth-order valence-corrected chi connectivity index (χ4v) is 6.11. The summed E-state index contributed by atoms with van der Waals surface area (Å²) in [5.41, 5.74) is 18.1. The first-order valence-electron chi connectivity index (χ1n) is 12.7. The van der Waals surface area contributed by atoms with Crippen molar-refractivity contribution in [3.63, 3.8) is 0 Å². The number of hydrogen-bond donors (Lipinski definition) is 5. The number of nitrogens with two attached hydrogens (primary N) is 3. The fourth-order valence-electron chi connectivity index (χ4n) is 4.95. The Balaban J connectivity index is 1.19. The number of nitrogens with zero attached hydrogens (tertiary/aromatic N) is 4. The summed E-state index contributed by atoms with van der Waals surface area (Å²) in [6.07, 6.45) is -0.881. The molecule has 5 heterocycles. The van der Waals surface area contributed by atoms with Crippen molar-refractivity contribution < 1.29 is 23.1 Å². The van der Waals surface area contributed by atoms with Gasteiger partial charge in [-0.25, -0.2) is 9.97 Å². The molecule has 0 saturated carbocycles. The Morgan fingerprint density at radius 2 is 1.82 bits per heavy atom. The van der Waals surface area contributed by atoms with Crippen LogP contribution in [-0.4, -0.2) is 56.9 Å². The third-order valence-corrected chi connectivity index (χ3v) is 8.47. The molecule has 3 aromatic rings. The van der Waals surface area contributed by atoms with Crippen molar-refractivity contribution in [2.75, 3.05) is 30.3 Å². The van der Waals surface area contributed by atoms with Crippen LogP contribution in [0.3, 0.4) is 0 Å². The van der Waals surface area contributed by atoms with E-state index in [1.54, 1.807) is 29.4 Å². The second-order valence-corrected chi connectivity index (χ2v) is 11.0. The molecule has 1 saturated heterocycles. The number of pyridine rings is 3. The van der Waals surface area contributed by atoms with Crippen LogP contribution in [0.5, 0.6) is 0 Å². The van der Waals surface area contributed by atoms with Gasteiger partial charge in [-0.2, -0.15) is 13.2 Å². The number of fused-ring (bicyclic) bond motifs is 1. The number of aliphatic hydroxyl groups excluding tert-OH is 1. The van der Waals surface area contributed by atoms with E-state index >= 15 is 0 Å². The largest absolute Gasteiger partial charge is 0.416 e. The van der Waals surface area contributed by atoms with Gasteiger partial charge in [0.25, 0.3) is 0 Å². The number of anilines is 2. The second kappa shape index (κ2) is 11.2. The molecule has 1 fully saturated rings. The lowest BCUT2D eigenvalue weighted by atomic mass is 9.99. The first kappa shape index (κ1) is 28.1. The van der Waals surface area contributed by atoms with Gasteiger partial charge in [0, 0.05) is 54.8 Å². The molecule has 1 amide bonds. The van der Waals surface area contributed by atoms with Gasteiger partial charge in [-0.15, -0.1) is 0 Å². The van der Waals surface area contributed by atoms with E-state index in [1.807, 2.05) is 12.1 Å². The minimum Gasteiger partial charge on any atom is -0.385 e. The average molecular weight is 575 g/mol. The Hall–Kier alpha value is -3.46. The van der Waals surface area contributed by atoms with Crippen molar-refractivity contribution in [2.45, 2.75) is 47.5 Å². The Morgan fingerprint density at radius 1 is 1.15 bits per heavy atom. The van der Waals surface area contributed by atoms with Gasteiger partial charge in [-0.1, -0.05) is 17.8 Å². The number of carbonyl (C=O) groups is 1. The molecule has 0 aromatic carbocycles. The highest BCUT2D eigenvalue weighted by Crippen LogP contribution is 2.48. The predicted octanol–water partition coefficient (Wildman–Crippen LogP) is 2.39. The number of hydrogen-bond acceptors (Lipinski definition) is 10. The molecule has 2 aliphatic rings. The second-order valence-electron chi connectivity index (χ2n) is 9.84. The number of primary amides is 1. The van der Waals surface area contributed by atoms with Gasteiger partial charge in [-0.05, 0) is 37.1 Å². The molecule has 0 radical (unpaired) electrons. The zero-order chi connectivity index (χ0) is 28.6. The van der Waals surface area contributed by atoms with Gasteiger partial charge < -0.3 is 32.5 Å². The quantitative estimate of drug-likeness (QED) is 0.282. The number of rotatable bonds is 7. The third kappa shape index (κ3) is 5.84. The van der Waals surface area contributed by atoms with Gasteiger partial charge in [0.15, 0.2) is 0 Å². The third-order valence-electron chi connectivity index (χ3n) is 7.16. The van der Waals surface area contributed by atoms with Crippen molar-refractivity contribution in [1.29, 1.82) is 0 Å². The first-order valence-corrected chi connectivity index (χ1v) is 13.6. The smallest absolute Gasteiger partial charge is 0.385 e. The number of carbonyl (C=O) groups excluding carboxylic acids is 1. The number of aromatic nitrogens is 3. The minimum atomic E-state index is -4.65. The van der Waals surface area contributed by atoms with Crippen molar-refractivity contribution >= 4 is 29.3 Å². The molecule has 8 N–H and O–H groups in total. The minimum absolute atomic E-state index is 0.0598. The summed E-state index contributed by atoms with van der Waals surface area (Å²) >= 11 is 0.879. The van der Waals surface area contributed by atoms with Crippen LogP contribution in [0.2, 0.25) is 0 Å². The molecule has 0 bridgehead atoms. The van der Waals surface area contributed by atoms with E-state index in [4.69, 9.17) is 17.2 Å². The van der Waals surface area contributed by atoms with Gasteiger partial charge in [0.1, 0.15) is 28.0 Å². The highest BCUT2D eigenvalue weighted by atomic mass is 32.2. The Morgan fingerprint density at radius 3 is 2.40 bits per heavy atom. The number of aliphatic hydroxyl groups is 1. The molecule has 0 spiro atoms. The van der Waals surface area contributed by atoms with Crippen LogP contribution in [0.25, 0.3) is 11.1 Å².